The highest BCUT2D eigenvalue weighted by Gasteiger charge is 2.24. The quantitative estimate of drug-likeness (QED) is 0.791. The summed E-state index contributed by atoms with van der Waals surface area (Å²) in [4.78, 5) is 27.6. The molecular formula is C19H24N2O3. The molecule has 0 fully saturated rings. The Hall–Kier alpha value is -2.56. The number of rotatable bonds is 6. The molecule has 2 aromatic rings. The van der Waals surface area contributed by atoms with Gasteiger partial charge in [0.25, 0.3) is 0 Å². The summed E-state index contributed by atoms with van der Waals surface area (Å²) in [5.74, 6) is 0.553. The van der Waals surface area contributed by atoms with Crippen LogP contribution in [0.5, 0.6) is 5.75 Å². The van der Waals surface area contributed by atoms with Crippen molar-refractivity contribution in [2.75, 3.05) is 12.4 Å². The zero-order chi connectivity index (χ0) is 18.0. The van der Waals surface area contributed by atoms with Gasteiger partial charge in [0, 0.05) is 11.3 Å². The van der Waals surface area contributed by atoms with Gasteiger partial charge in [-0.05, 0) is 57.9 Å². The van der Waals surface area contributed by atoms with E-state index in [0.717, 1.165) is 16.9 Å². The summed E-state index contributed by atoms with van der Waals surface area (Å²) in [6.45, 7) is 8.90. The van der Waals surface area contributed by atoms with E-state index in [1.54, 1.807) is 21.0 Å². The van der Waals surface area contributed by atoms with E-state index in [2.05, 4.69) is 10.3 Å². The first kappa shape index (κ1) is 17.8. The van der Waals surface area contributed by atoms with E-state index >= 15 is 0 Å². The van der Waals surface area contributed by atoms with Gasteiger partial charge in [0.2, 0.25) is 5.78 Å². The zero-order valence-electron chi connectivity index (χ0n) is 15.0. The van der Waals surface area contributed by atoms with Gasteiger partial charge in [-0.15, -0.1) is 0 Å². The summed E-state index contributed by atoms with van der Waals surface area (Å²) in [6, 6.07) is 5.30. The van der Waals surface area contributed by atoms with Crippen LogP contribution in [0.2, 0.25) is 0 Å². The number of H-pyrrole nitrogens is 1. The Balaban J connectivity index is 2.30. The highest BCUT2D eigenvalue weighted by atomic mass is 16.5. The Kier molecular flexibility index (Phi) is 5.12. The molecule has 0 bridgehead atoms. The van der Waals surface area contributed by atoms with Crippen LogP contribution in [0.25, 0.3) is 0 Å². The lowest BCUT2D eigenvalue weighted by atomic mass is 10.0. The third-order valence-electron chi connectivity index (χ3n) is 4.16. The number of carbonyl (C=O) groups excluding carboxylic acids is 2. The Morgan fingerprint density at radius 2 is 1.88 bits per heavy atom. The number of nitrogens with one attached hydrogen (secondary N) is 2. The fraction of sp³-hybridized carbons (Fsp3) is 0.368. The molecule has 5 heteroatoms. The van der Waals surface area contributed by atoms with Crippen molar-refractivity contribution in [2.45, 2.75) is 40.7 Å². The van der Waals surface area contributed by atoms with Crippen molar-refractivity contribution in [2.24, 2.45) is 0 Å². The predicted octanol–water partition coefficient (Wildman–Crippen LogP) is 3.83. The number of aromatic amines is 1. The summed E-state index contributed by atoms with van der Waals surface area (Å²) in [5.41, 5.74) is 4.34. The fourth-order valence-corrected chi connectivity index (χ4v) is 2.97. The summed E-state index contributed by atoms with van der Waals surface area (Å²) in [5, 5.41) is 3.21. The monoisotopic (exact) mass is 328 g/mol. The van der Waals surface area contributed by atoms with Gasteiger partial charge in [-0.25, -0.2) is 0 Å². The number of ether oxygens (including phenoxy) is 1. The van der Waals surface area contributed by atoms with Gasteiger partial charge >= 0.3 is 0 Å². The topological polar surface area (TPSA) is 71.2 Å². The van der Waals surface area contributed by atoms with Crippen LogP contribution >= 0.6 is 0 Å². The molecule has 1 aromatic heterocycles. The van der Waals surface area contributed by atoms with Crippen LogP contribution in [0.15, 0.2) is 18.2 Å². The number of aromatic nitrogens is 1. The lowest BCUT2D eigenvalue weighted by Gasteiger charge is -2.17. The molecule has 1 heterocycles. The van der Waals surface area contributed by atoms with Crippen LogP contribution in [-0.4, -0.2) is 29.7 Å². The van der Waals surface area contributed by atoms with Crippen molar-refractivity contribution >= 4 is 17.3 Å². The maximum absolute atomic E-state index is 12.8. The van der Waals surface area contributed by atoms with Crippen LogP contribution in [0.3, 0.4) is 0 Å². The molecule has 2 N–H and O–H groups in total. The van der Waals surface area contributed by atoms with Gasteiger partial charge in [0.15, 0.2) is 5.78 Å². The molecule has 128 valence electrons. The number of benzene rings is 1. The second-order valence-electron chi connectivity index (χ2n) is 6.12. The van der Waals surface area contributed by atoms with Crippen molar-refractivity contribution in [3.63, 3.8) is 0 Å². The van der Waals surface area contributed by atoms with E-state index in [4.69, 9.17) is 4.74 Å². The number of methoxy groups -OCH3 is 1. The van der Waals surface area contributed by atoms with Gasteiger partial charge in [0.05, 0.1) is 24.5 Å². The normalized spacial score (nSPS) is 11.9. The molecule has 0 radical (unpaired) electrons. The maximum atomic E-state index is 12.8. The van der Waals surface area contributed by atoms with Gasteiger partial charge in [-0.3, -0.25) is 9.59 Å². The second-order valence-corrected chi connectivity index (χ2v) is 6.12. The van der Waals surface area contributed by atoms with Crippen molar-refractivity contribution in [1.29, 1.82) is 0 Å². The predicted molar refractivity (Wildman–Crippen MR) is 95.4 cm³/mol. The first-order valence-corrected chi connectivity index (χ1v) is 7.91. The summed E-state index contributed by atoms with van der Waals surface area (Å²) < 4.78 is 5.34. The molecule has 0 saturated carbocycles. The third kappa shape index (κ3) is 3.35. The molecule has 1 atom stereocenters. The van der Waals surface area contributed by atoms with Crippen molar-refractivity contribution < 1.29 is 14.3 Å². The Morgan fingerprint density at radius 3 is 2.42 bits per heavy atom. The molecule has 0 amide bonds. The molecule has 5 nitrogen and oxygen atoms in total. The molecule has 0 aliphatic carbocycles. The van der Waals surface area contributed by atoms with E-state index in [1.165, 1.54) is 6.92 Å². The second kappa shape index (κ2) is 6.91. The Bertz CT molecular complexity index is 790. The zero-order valence-corrected chi connectivity index (χ0v) is 15.0. The van der Waals surface area contributed by atoms with Crippen LogP contribution in [0.4, 0.5) is 5.69 Å². The SMILES string of the molecule is COc1ccc(C)cc1N[C@@H](C)C(=O)c1[nH]c(C)c(C(C)=O)c1C. The average Bonchev–Trinajstić information content (AvgIpc) is 2.81. The highest BCUT2D eigenvalue weighted by Crippen LogP contribution is 2.27. The van der Waals surface area contributed by atoms with Gasteiger partial charge in [-0.1, -0.05) is 6.07 Å². The number of anilines is 1. The number of aryl methyl sites for hydroxylation is 2. The van der Waals surface area contributed by atoms with Crippen molar-refractivity contribution in [3.8, 4) is 5.75 Å². The molecule has 2 rings (SSSR count). The number of ketones is 2. The summed E-state index contributed by atoms with van der Waals surface area (Å²) >= 11 is 0. The lowest BCUT2D eigenvalue weighted by molar-refractivity contribution is 0.0970. The lowest BCUT2D eigenvalue weighted by Crippen LogP contribution is -2.27. The summed E-state index contributed by atoms with van der Waals surface area (Å²) in [6.07, 6.45) is 0. The molecule has 1 aromatic carbocycles. The van der Waals surface area contributed by atoms with Gasteiger partial charge in [0.1, 0.15) is 5.75 Å². The fourth-order valence-electron chi connectivity index (χ4n) is 2.97. The third-order valence-corrected chi connectivity index (χ3v) is 4.16. The minimum atomic E-state index is -0.461. The molecule has 0 aliphatic heterocycles. The minimum absolute atomic E-state index is 0.0405. The number of carbonyl (C=O) groups is 2. The number of hydrogen-bond donors (Lipinski definition) is 2. The maximum Gasteiger partial charge on any atom is 0.201 e. The van der Waals surface area contributed by atoms with Crippen LogP contribution in [-0.2, 0) is 0 Å². The Labute approximate surface area is 142 Å². The number of hydrogen-bond acceptors (Lipinski definition) is 4. The van der Waals surface area contributed by atoms with Gasteiger partial charge in [-0.2, -0.15) is 0 Å². The number of Topliss-reactive ketones (excluding diaryl/α,β-unsaturated/α-hetero) is 2. The van der Waals surface area contributed by atoms with Crippen LogP contribution in [0, 0.1) is 20.8 Å². The first-order chi connectivity index (χ1) is 11.3. The molecule has 0 saturated heterocycles. The van der Waals surface area contributed by atoms with Crippen molar-refractivity contribution in [3.05, 3.63) is 46.3 Å². The minimum Gasteiger partial charge on any atom is -0.495 e. The van der Waals surface area contributed by atoms with E-state index in [-0.39, 0.29) is 11.6 Å². The summed E-state index contributed by atoms with van der Waals surface area (Å²) in [7, 11) is 1.60. The smallest absolute Gasteiger partial charge is 0.201 e. The largest absolute Gasteiger partial charge is 0.495 e. The van der Waals surface area contributed by atoms with E-state index in [1.807, 2.05) is 32.0 Å². The van der Waals surface area contributed by atoms with E-state index < -0.39 is 6.04 Å². The highest BCUT2D eigenvalue weighted by molar-refractivity contribution is 6.06. The standard InChI is InChI=1S/C19H24N2O3/c1-10-7-8-16(24-6)15(9-10)20-13(4)19(23)18-11(2)17(14(5)22)12(3)21-18/h7-9,13,20-21H,1-6H3/t13-/m0/s1. The van der Waals surface area contributed by atoms with Crippen LogP contribution < -0.4 is 10.1 Å². The molecule has 24 heavy (non-hydrogen) atoms. The van der Waals surface area contributed by atoms with Crippen molar-refractivity contribution in [1.82, 2.24) is 4.98 Å². The molecule has 0 spiro atoms. The van der Waals surface area contributed by atoms with Crippen LogP contribution in [0.1, 0.15) is 51.5 Å². The molecular weight excluding hydrogens is 304 g/mol. The molecule has 0 unspecified atom stereocenters. The van der Waals surface area contributed by atoms with Gasteiger partial charge < -0.3 is 15.0 Å². The Morgan fingerprint density at radius 1 is 1.21 bits per heavy atom. The van der Waals surface area contributed by atoms with E-state index in [0.29, 0.717) is 22.6 Å². The average molecular weight is 328 g/mol. The van der Waals surface area contributed by atoms with E-state index in [9.17, 15) is 9.59 Å². The first-order valence-electron chi connectivity index (χ1n) is 7.91. The molecule has 0 aliphatic rings.